The van der Waals surface area contributed by atoms with E-state index >= 15 is 0 Å². The Kier molecular flexibility index (Phi) is 7.90. The lowest BCUT2D eigenvalue weighted by atomic mass is 9.77. The zero-order valence-corrected chi connectivity index (χ0v) is 22.1. The van der Waals surface area contributed by atoms with Crippen LogP contribution in [-0.2, 0) is 19.1 Å². The maximum atomic E-state index is 14.7. The second-order valence-electron chi connectivity index (χ2n) is 8.96. The molecule has 0 spiro atoms. The average molecular weight is 529 g/mol. The third-order valence-electron chi connectivity index (χ3n) is 6.56. The number of ether oxygens (including phenoxy) is 2. The van der Waals surface area contributed by atoms with Crippen molar-refractivity contribution in [3.8, 4) is 11.1 Å². The Hall–Kier alpha value is -4.79. The van der Waals surface area contributed by atoms with Crippen molar-refractivity contribution >= 4 is 34.2 Å². The van der Waals surface area contributed by atoms with E-state index in [-0.39, 0.29) is 35.6 Å². The highest BCUT2D eigenvalue weighted by molar-refractivity contribution is 6.20. The van der Waals surface area contributed by atoms with Gasteiger partial charge in [0.15, 0.2) is 5.78 Å². The van der Waals surface area contributed by atoms with Crippen LogP contribution < -0.4 is 5.32 Å². The van der Waals surface area contributed by atoms with Crippen molar-refractivity contribution in [1.82, 2.24) is 5.32 Å². The normalized spacial score (nSPS) is 13.7. The molecular formula is C30H28N2O7. The molecule has 0 radical (unpaired) electrons. The first-order valence-corrected chi connectivity index (χ1v) is 12.5. The van der Waals surface area contributed by atoms with Crippen LogP contribution in [0.2, 0.25) is 0 Å². The minimum atomic E-state index is -1.33. The third-order valence-corrected chi connectivity index (χ3v) is 6.56. The number of dihydropyridines is 1. The van der Waals surface area contributed by atoms with Crippen molar-refractivity contribution in [2.75, 3.05) is 13.2 Å². The predicted octanol–water partition coefficient (Wildman–Crippen LogP) is 5.49. The Morgan fingerprint density at radius 2 is 1.49 bits per heavy atom. The lowest BCUT2D eigenvalue weighted by Crippen LogP contribution is -2.37. The van der Waals surface area contributed by atoms with Gasteiger partial charge in [-0.1, -0.05) is 48.5 Å². The molecule has 1 N–H and O–H groups in total. The number of hydrogen-bond donors (Lipinski definition) is 1. The first-order valence-electron chi connectivity index (χ1n) is 12.5. The molecule has 0 aromatic heterocycles. The summed E-state index contributed by atoms with van der Waals surface area (Å²) >= 11 is 0. The summed E-state index contributed by atoms with van der Waals surface area (Å²) in [5.74, 6) is -3.31. The van der Waals surface area contributed by atoms with Crippen molar-refractivity contribution in [1.29, 1.82) is 0 Å². The number of carbonyl (C=O) groups is 3. The van der Waals surface area contributed by atoms with Crippen LogP contribution in [0.25, 0.3) is 21.9 Å². The van der Waals surface area contributed by atoms with E-state index < -0.39 is 28.6 Å². The molecule has 39 heavy (non-hydrogen) atoms. The van der Waals surface area contributed by atoms with Crippen molar-refractivity contribution < 1.29 is 28.8 Å². The minimum absolute atomic E-state index is 0.00781. The number of carbonyl (C=O) groups excluding carboxylic acids is 3. The van der Waals surface area contributed by atoms with Crippen molar-refractivity contribution in [2.45, 2.75) is 27.7 Å². The molecule has 9 heteroatoms. The molecule has 0 fully saturated rings. The average Bonchev–Trinajstić information content (AvgIpc) is 2.91. The monoisotopic (exact) mass is 528 g/mol. The molecule has 1 aliphatic rings. The lowest BCUT2D eigenvalue weighted by molar-refractivity contribution is -0.384. The molecule has 0 atom stereocenters. The minimum Gasteiger partial charge on any atom is -0.463 e. The topological polar surface area (TPSA) is 125 Å². The highest BCUT2D eigenvalue weighted by atomic mass is 16.6. The summed E-state index contributed by atoms with van der Waals surface area (Å²) < 4.78 is 10.6. The Labute approximate surface area is 225 Å². The van der Waals surface area contributed by atoms with Crippen molar-refractivity contribution in [3.63, 3.8) is 0 Å². The summed E-state index contributed by atoms with van der Waals surface area (Å²) in [5.41, 5.74) is 1.76. The van der Waals surface area contributed by atoms with E-state index in [1.807, 2.05) is 18.2 Å². The smallest absolute Gasteiger partial charge is 0.336 e. The van der Waals surface area contributed by atoms with Gasteiger partial charge in [0.1, 0.15) is 0 Å². The maximum Gasteiger partial charge on any atom is 0.336 e. The zero-order chi connectivity index (χ0) is 28.3. The fourth-order valence-electron chi connectivity index (χ4n) is 4.92. The van der Waals surface area contributed by atoms with Gasteiger partial charge in [0, 0.05) is 29.1 Å². The molecule has 1 heterocycles. The second-order valence-corrected chi connectivity index (χ2v) is 8.96. The van der Waals surface area contributed by atoms with E-state index in [1.165, 1.54) is 12.1 Å². The molecule has 0 unspecified atom stereocenters. The van der Waals surface area contributed by atoms with Crippen LogP contribution in [0.1, 0.15) is 38.1 Å². The van der Waals surface area contributed by atoms with Crippen molar-refractivity contribution in [3.05, 3.63) is 98.9 Å². The molecule has 0 bridgehead atoms. The van der Waals surface area contributed by atoms with E-state index in [4.69, 9.17) is 9.47 Å². The second kappa shape index (κ2) is 11.3. The number of ketones is 1. The van der Waals surface area contributed by atoms with Gasteiger partial charge in [0.25, 0.3) is 5.69 Å². The van der Waals surface area contributed by atoms with Gasteiger partial charge in [0.2, 0.25) is 0 Å². The highest BCUT2D eigenvalue weighted by Gasteiger charge is 2.42. The molecule has 1 aliphatic heterocycles. The SMILES string of the molecule is CCOC(=O)C1=C(C)NC(C)=C(C(=O)OCC)C1C(=O)c1c(-c2cccc([N+](=O)[O-])c2)ccc2ccccc12. The molecule has 3 aromatic rings. The number of Topliss-reactive ketones (excluding diaryl/α,β-unsaturated/α-hetero) is 1. The van der Waals surface area contributed by atoms with Gasteiger partial charge >= 0.3 is 11.9 Å². The van der Waals surface area contributed by atoms with Gasteiger partial charge in [-0.25, -0.2) is 9.59 Å². The summed E-state index contributed by atoms with van der Waals surface area (Å²) in [6.07, 6.45) is 0. The van der Waals surface area contributed by atoms with Crippen LogP contribution in [0, 0.1) is 16.0 Å². The highest BCUT2D eigenvalue weighted by Crippen LogP contribution is 2.39. The lowest BCUT2D eigenvalue weighted by Gasteiger charge is -2.30. The van der Waals surface area contributed by atoms with Gasteiger partial charge in [-0.15, -0.1) is 0 Å². The molecule has 0 amide bonds. The third kappa shape index (κ3) is 5.16. The van der Waals surface area contributed by atoms with E-state index in [1.54, 1.807) is 58.0 Å². The summed E-state index contributed by atoms with van der Waals surface area (Å²) in [5, 5.41) is 15.9. The van der Waals surface area contributed by atoms with Gasteiger partial charge in [-0.3, -0.25) is 14.9 Å². The van der Waals surface area contributed by atoms with Crippen LogP contribution in [0.3, 0.4) is 0 Å². The van der Waals surface area contributed by atoms with E-state index in [0.717, 1.165) is 5.39 Å². The number of allylic oxidation sites excluding steroid dienone is 2. The number of hydrogen-bond acceptors (Lipinski definition) is 8. The molecule has 0 saturated heterocycles. The van der Waals surface area contributed by atoms with Gasteiger partial charge in [-0.05, 0) is 49.6 Å². The molecule has 200 valence electrons. The standard InChI is InChI=1S/C30H28N2O7/c1-5-38-29(34)24-17(3)31-18(4)25(30(35)39-6-2)27(24)28(33)26-22-13-8-7-10-19(22)14-15-23(26)20-11-9-12-21(16-20)32(36)37/h7-16,27,31H,5-6H2,1-4H3. The van der Waals surface area contributed by atoms with E-state index in [2.05, 4.69) is 5.32 Å². The number of benzene rings is 3. The molecular weight excluding hydrogens is 500 g/mol. The molecule has 3 aromatic carbocycles. The van der Waals surface area contributed by atoms with Crippen LogP contribution >= 0.6 is 0 Å². The summed E-state index contributed by atoms with van der Waals surface area (Å²) in [4.78, 5) is 52.1. The summed E-state index contributed by atoms with van der Waals surface area (Å²) in [6.45, 7) is 6.73. The Balaban J connectivity index is 2.03. The largest absolute Gasteiger partial charge is 0.463 e. The van der Waals surface area contributed by atoms with Crippen LogP contribution in [0.5, 0.6) is 0 Å². The first-order chi connectivity index (χ1) is 18.7. The van der Waals surface area contributed by atoms with Crippen LogP contribution in [0.15, 0.2) is 83.2 Å². The number of fused-ring (bicyclic) bond motifs is 1. The Bertz CT molecular complexity index is 1530. The number of non-ortho nitro benzene ring substituents is 1. The molecule has 0 aliphatic carbocycles. The Morgan fingerprint density at radius 1 is 0.872 bits per heavy atom. The van der Waals surface area contributed by atoms with Crippen LogP contribution in [-0.4, -0.2) is 35.9 Å². The summed E-state index contributed by atoms with van der Waals surface area (Å²) in [7, 11) is 0. The number of nitrogens with one attached hydrogen (secondary N) is 1. The van der Waals surface area contributed by atoms with Gasteiger partial charge in [0.05, 0.1) is 35.2 Å². The first kappa shape index (κ1) is 27.3. The number of nitro groups is 1. The van der Waals surface area contributed by atoms with E-state index in [0.29, 0.717) is 27.9 Å². The Morgan fingerprint density at radius 3 is 2.08 bits per heavy atom. The molecule has 4 rings (SSSR count). The summed E-state index contributed by atoms with van der Waals surface area (Å²) in [6, 6.07) is 16.7. The number of rotatable bonds is 8. The van der Waals surface area contributed by atoms with Crippen molar-refractivity contribution in [2.24, 2.45) is 5.92 Å². The van der Waals surface area contributed by atoms with Gasteiger partial charge in [-0.2, -0.15) is 0 Å². The quantitative estimate of drug-likeness (QED) is 0.176. The number of nitro benzene ring substituents is 1. The maximum absolute atomic E-state index is 14.7. The van der Waals surface area contributed by atoms with Gasteiger partial charge < -0.3 is 14.8 Å². The zero-order valence-electron chi connectivity index (χ0n) is 22.1. The number of nitrogens with zero attached hydrogens (tertiary/aromatic N) is 1. The number of esters is 2. The molecule has 0 saturated carbocycles. The fourth-order valence-corrected chi connectivity index (χ4v) is 4.92. The molecule has 9 nitrogen and oxygen atoms in total. The van der Waals surface area contributed by atoms with E-state index in [9.17, 15) is 24.5 Å². The fraction of sp³-hybridized carbons (Fsp3) is 0.233. The van der Waals surface area contributed by atoms with Crippen LogP contribution in [0.4, 0.5) is 5.69 Å². The predicted molar refractivity (Wildman–Crippen MR) is 146 cm³/mol.